The Morgan fingerprint density at radius 1 is 0.275 bits per heavy atom. The highest BCUT2D eigenvalue weighted by atomic mass is 16.3. The Morgan fingerprint density at radius 2 is 0.667 bits per heavy atom. The van der Waals surface area contributed by atoms with Crippen molar-refractivity contribution < 1.29 is 8.83 Å². The summed E-state index contributed by atoms with van der Waals surface area (Å²) in [6.07, 6.45) is 0. The molecule has 0 saturated heterocycles. The minimum absolute atomic E-state index is 0.860. The van der Waals surface area contributed by atoms with Crippen LogP contribution >= 0.6 is 0 Å². The maximum absolute atomic E-state index is 6.57. The summed E-state index contributed by atoms with van der Waals surface area (Å²) in [5.74, 6) is 0. The largest absolute Gasteiger partial charge is 0.456 e. The molecule has 3 heterocycles. The highest BCUT2D eigenvalue weighted by Crippen LogP contribution is 2.41. The predicted molar refractivity (Wildman–Crippen MR) is 212 cm³/mol. The van der Waals surface area contributed by atoms with Crippen molar-refractivity contribution in [2.45, 2.75) is 0 Å². The molecule has 0 amide bonds. The van der Waals surface area contributed by atoms with Crippen LogP contribution in [0.15, 0.2) is 185 Å². The van der Waals surface area contributed by atoms with Gasteiger partial charge >= 0.3 is 0 Å². The Morgan fingerprint density at radius 3 is 1.18 bits per heavy atom. The van der Waals surface area contributed by atoms with E-state index in [9.17, 15) is 0 Å². The van der Waals surface area contributed by atoms with Gasteiger partial charge in [-0.3, -0.25) is 0 Å². The van der Waals surface area contributed by atoms with Crippen molar-refractivity contribution in [3.05, 3.63) is 176 Å². The second kappa shape index (κ2) is 10.8. The molecule has 0 N–H and O–H groups in total. The molecule has 0 unspecified atom stereocenters. The van der Waals surface area contributed by atoms with Crippen LogP contribution in [-0.4, -0.2) is 4.57 Å². The second-order valence-corrected chi connectivity index (χ2v) is 13.3. The van der Waals surface area contributed by atoms with Crippen LogP contribution in [-0.2, 0) is 0 Å². The van der Waals surface area contributed by atoms with E-state index in [2.05, 4.69) is 174 Å². The molecule has 3 nitrogen and oxygen atoms in total. The molecule has 8 aromatic carbocycles. The first-order chi connectivity index (χ1) is 25.2. The molecule has 238 valence electrons. The first kappa shape index (κ1) is 28.0. The van der Waals surface area contributed by atoms with E-state index in [1.807, 2.05) is 6.07 Å². The lowest BCUT2D eigenvalue weighted by Gasteiger charge is -2.08. The lowest BCUT2D eigenvalue weighted by atomic mass is 9.99. The van der Waals surface area contributed by atoms with Crippen molar-refractivity contribution in [2.75, 3.05) is 0 Å². The van der Waals surface area contributed by atoms with E-state index < -0.39 is 0 Å². The maximum atomic E-state index is 6.57. The molecule has 11 aromatic rings. The van der Waals surface area contributed by atoms with Gasteiger partial charge in [0.2, 0.25) is 0 Å². The Bertz CT molecular complexity index is 3110. The van der Waals surface area contributed by atoms with Gasteiger partial charge < -0.3 is 13.4 Å². The molecule has 0 aliphatic carbocycles. The van der Waals surface area contributed by atoms with Crippen molar-refractivity contribution in [2.24, 2.45) is 0 Å². The molecule has 0 spiro atoms. The van der Waals surface area contributed by atoms with Crippen LogP contribution in [0.25, 0.3) is 105 Å². The Hall–Kier alpha value is -6.84. The third-order valence-electron chi connectivity index (χ3n) is 10.4. The van der Waals surface area contributed by atoms with E-state index in [-0.39, 0.29) is 0 Å². The first-order valence-electron chi connectivity index (χ1n) is 17.3. The molecule has 0 radical (unpaired) electrons. The van der Waals surface area contributed by atoms with Gasteiger partial charge in [-0.1, -0.05) is 103 Å². The molecule has 0 aliphatic rings. The van der Waals surface area contributed by atoms with E-state index in [1.54, 1.807) is 0 Å². The van der Waals surface area contributed by atoms with Gasteiger partial charge in [0, 0.05) is 38.0 Å². The van der Waals surface area contributed by atoms with Crippen LogP contribution in [0.3, 0.4) is 0 Å². The standard InChI is InChI=1S/C48H29NO2/c1-4-10-30(11-5-1)32-18-22-43-39(24-32)40-25-33(19-23-44(40)49(43)36-14-8-3-9-15-36)35-17-21-38-42-29-47-41(28-48(42)51-46(38)27-35)37-20-16-34(26-45(37)50-47)31-12-6-2-7-13-31/h1-29H. The summed E-state index contributed by atoms with van der Waals surface area (Å²) >= 11 is 0. The number of hydrogen-bond donors (Lipinski definition) is 0. The van der Waals surface area contributed by atoms with Crippen LogP contribution in [0.1, 0.15) is 0 Å². The highest BCUT2D eigenvalue weighted by molar-refractivity contribution is 6.16. The van der Waals surface area contributed by atoms with Crippen molar-refractivity contribution in [1.82, 2.24) is 4.57 Å². The molecule has 0 bridgehead atoms. The van der Waals surface area contributed by atoms with E-state index in [0.29, 0.717) is 0 Å². The lowest BCUT2D eigenvalue weighted by molar-refractivity contribution is 0.664. The van der Waals surface area contributed by atoms with Crippen LogP contribution in [0.2, 0.25) is 0 Å². The minimum atomic E-state index is 0.860. The summed E-state index contributed by atoms with van der Waals surface area (Å²) in [5, 5.41) is 6.73. The molecular formula is C48H29NO2. The topological polar surface area (TPSA) is 31.2 Å². The van der Waals surface area contributed by atoms with Crippen molar-refractivity contribution in [3.8, 4) is 39.1 Å². The number of hydrogen-bond acceptors (Lipinski definition) is 2. The number of rotatable bonds is 4. The monoisotopic (exact) mass is 651 g/mol. The molecular weight excluding hydrogens is 623 g/mol. The Kier molecular flexibility index (Phi) is 5.96. The molecule has 3 heteroatoms. The van der Waals surface area contributed by atoms with E-state index >= 15 is 0 Å². The van der Waals surface area contributed by atoms with Gasteiger partial charge in [-0.05, 0) is 106 Å². The number of furan rings is 2. The summed E-state index contributed by atoms with van der Waals surface area (Å²) in [6.45, 7) is 0. The summed E-state index contributed by atoms with van der Waals surface area (Å²) in [7, 11) is 0. The molecule has 51 heavy (non-hydrogen) atoms. The first-order valence-corrected chi connectivity index (χ1v) is 17.3. The average molecular weight is 652 g/mol. The molecule has 3 aromatic heterocycles. The van der Waals surface area contributed by atoms with Crippen LogP contribution in [0.5, 0.6) is 0 Å². The average Bonchev–Trinajstić information content (AvgIpc) is 3.85. The fraction of sp³-hybridized carbons (Fsp3) is 0. The van der Waals surface area contributed by atoms with Crippen molar-refractivity contribution in [3.63, 3.8) is 0 Å². The number of benzene rings is 8. The fourth-order valence-corrected chi connectivity index (χ4v) is 7.90. The Labute approximate surface area is 293 Å². The van der Waals surface area contributed by atoms with Gasteiger partial charge in [-0.25, -0.2) is 0 Å². The quantitative estimate of drug-likeness (QED) is 0.190. The van der Waals surface area contributed by atoms with Crippen LogP contribution in [0.4, 0.5) is 0 Å². The number of nitrogens with zero attached hydrogens (tertiary/aromatic N) is 1. The molecule has 0 aliphatic heterocycles. The van der Waals surface area contributed by atoms with Crippen LogP contribution < -0.4 is 0 Å². The SMILES string of the molecule is c1ccc(-c2ccc3c(c2)oc2cc4c(cc23)oc2cc(-c3ccc5c(c3)c3cc(-c6ccccc6)ccc3n5-c3ccccc3)ccc24)cc1. The number of para-hydroxylation sites is 1. The van der Waals surface area contributed by atoms with E-state index in [1.165, 1.54) is 38.5 Å². The lowest BCUT2D eigenvalue weighted by Crippen LogP contribution is -1.93. The second-order valence-electron chi connectivity index (χ2n) is 13.3. The summed E-state index contributed by atoms with van der Waals surface area (Å²) in [5.41, 5.74) is 14.0. The number of fused-ring (bicyclic) bond motifs is 9. The normalized spacial score (nSPS) is 11.9. The van der Waals surface area contributed by atoms with Crippen LogP contribution in [0, 0.1) is 0 Å². The highest BCUT2D eigenvalue weighted by Gasteiger charge is 2.17. The van der Waals surface area contributed by atoms with Gasteiger partial charge in [-0.2, -0.15) is 0 Å². The van der Waals surface area contributed by atoms with Gasteiger partial charge in [0.15, 0.2) is 0 Å². The number of aromatic nitrogens is 1. The summed E-state index contributed by atoms with van der Waals surface area (Å²) in [6, 6.07) is 62.6. The summed E-state index contributed by atoms with van der Waals surface area (Å²) < 4.78 is 15.4. The Balaban J connectivity index is 1.04. The van der Waals surface area contributed by atoms with Gasteiger partial charge in [0.25, 0.3) is 0 Å². The zero-order valence-corrected chi connectivity index (χ0v) is 27.5. The fourth-order valence-electron chi connectivity index (χ4n) is 7.90. The maximum Gasteiger partial charge on any atom is 0.136 e. The minimum Gasteiger partial charge on any atom is -0.456 e. The molecule has 11 rings (SSSR count). The van der Waals surface area contributed by atoms with Crippen molar-refractivity contribution >= 4 is 65.7 Å². The van der Waals surface area contributed by atoms with Gasteiger partial charge in [-0.15, -0.1) is 0 Å². The smallest absolute Gasteiger partial charge is 0.136 e. The summed E-state index contributed by atoms with van der Waals surface area (Å²) in [4.78, 5) is 0. The van der Waals surface area contributed by atoms with E-state index in [0.717, 1.165) is 66.3 Å². The van der Waals surface area contributed by atoms with Gasteiger partial charge in [0.1, 0.15) is 22.3 Å². The van der Waals surface area contributed by atoms with Gasteiger partial charge in [0.05, 0.1) is 11.0 Å². The zero-order chi connectivity index (χ0) is 33.5. The third kappa shape index (κ3) is 4.38. The molecule has 0 saturated carbocycles. The molecule has 0 fully saturated rings. The predicted octanol–water partition coefficient (Wildman–Crippen LogP) is 13.6. The molecule has 0 atom stereocenters. The van der Waals surface area contributed by atoms with Crippen molar-refractivity contribution in [1.29, 1.82) is 0 Å². The third-order valence-corrected chi connectivity index (χ3v) is 10.4. The zero-order valence-electron chi connectivity index (χ0n) is 27.5. The van der Waals surface area contributed by atoms with E-state index in [4.69, 9.17) is 8.83 Å².